The molecule has 25 heavy (non-hydrogen) atoms. The van der Waals surface area contributed by atoms with E-state index in [1.807, 2.05) is 42.3 Å². The molecule has 0 aromatic heterocycles. The van der Waals surface area contributed by atoms with Crippen LogP contribution in [-0.4, -0.2) is 36.9 Å². The molecule has 132 valence electrons. The maximum absolute atomic E-state index is 12.5. The summed E-state index contributed by atoms with van der Waals surface area (Å²) in [6, 6.07) is 16.3. The zero-order chi connectivity index (χ0) is 18.1. The Morgan fingerprint density at radius 1 is 0.960 bits per heavy atom. The lowest BCUT2D eigenvalue weighted by molar-refractivity contribution is -0.117. The molecule has 0 saturated heterocycles. The van der Waals surface area contributed by atoms with Gasteiger partial charge < -0.3 is 10.6 Å². The van der Waals surface area contributed by atoms with Gasteiger partial charge in [-0.15, -0.1) is 0 Å². The summed E-state index contributed by atoms with van der Waals surface area (Å²) < 4.78 is 0. The number of nitrogens with one attached hydrogen (secondary N) is 2. The molecule has 0 aliphatic carbocycles. The van der Waals surface area contributed by atoms with Gasteiger partial charge in [-0.2, -0.15) is 0 Å². The van der Waals surface area contributed by atoms with Gasteiger partial charge in [0.2, 0.25) is 5.91 Å². The van der Waals surface area contributed by atoms with Crippen molar-refractivity contribution >= 4 is 23.2 Å². The second-order valence-electron chi connectivity index (χ2n) is 6.01. The fraction of sp³-hybridized carbons (Fsp3) is 0.300. The third-order valence-corrected chi connectivity index (χ3v) is 3.78. The number of unbranched alkanes of at least 4 members (excludes halogenated alkanes) is 1. The topological polar surface area (TPSA) is 61.4 Å². The van der Waals surface area contributed by atoms with Crippen molar-refractivity contribution in [1.29, 1.82) is 0 Å². The van der Waals surface area contributed by atoms with Gasteiger partial charge in [-0.05, 0) is 44.3 Å². The number of rotatable bonds is 8. The first-order chi connectivity index (χ1) is 12.1. The SMILES string of the molecule is CCCCN(C)CC(=O)Nc1ccccc1C(=O)Nc1ccccc1. The van der Waals surface area contributed by atoms with E-state index < -0.39 is 0 Å². The molecule has 2 aromatic carbocycles. The van der Waals surface area contributed by atoms with E-state index in [9.17, 15) is 9.59 Å². The van der Waals surface area contributed by atoms with Crippen LogP contribution in [0.25, 0.3) is 0 Å². The van der Waals surface area contributed by atoms with Crippen molar-refractivity contribution in [2.45, 2.75) is 19.8 Å². The van der Waals surface area contributed by atoms with Crippen LogP contribution in [0.5, 0.6) is 0 Å². The molecule has 2 aromatic rings. The van der Waals surface area contributed by atoms with Gasteiger partial charge >= 0.3 is 0 Å². The minimum absolute atomic E-state index is 0.126. The Hall–Kier alpha value is -2.66. The van der Waals surface area contributed by atoms with E-state index in [4.69, 9.17) is 0 Å². The molecule has 0 saturated carbocycles. The van der Waals surface area contributed by atoms with E-state index in [1.165, 1.54) is 0 Å². The molecule has 5 nitrogen and oxygen atoms in total. The Balaban J connectivity index is 2.02. The molecule has 0 unspecified atom stereocenters. The first-order valence-electron chi connectivity index (χ1n) is 8.54. The van der Waals surface area contributed by atoms with Gasteiger partial charge in [-0.3, -0.25) is 14.5 Å². The predicted molar refractivity (Wildman–Crippen MR) is 102 cm³/mol. The van der Waals surface area contributed by atoms with Gasteiger partial charge in [-0.25, -0.2) is 0 Å². The Labute approximate surface area is 149 Å². The third-order valence-electron chi connectivity index (χ3n) is 3.78. The molecule has 0 aliphatic rings. The summed E-state index contributed by atoms with van der Waals surface area (Å²) in [5, 5.41) is 5.68. The van der Waals surface area contributed by atoms with Crippen LogP contribution >= 0.6 is 0 Å². The summed E-state index contributed by atoms with van der Waals surface area (Å²) in [5.74, 6) is -0.375. The molecule has 5 heteroatoms. The van der Waals surface area contributed by atoms with E-state index in [-0.39, 0.29) is 11.8 Å². The van der Waals surface area contributed by atoms with Crippen molar-refractivity contribution in [3.8, 4) is 0 Å². The summed E-state index contributed by atoms with van der Waals surface area (Å²) >= 11 is 0. The number of nitrogens with zero attached hydrogens (tertiary/aromatic N) is 1. The summed E-state index contributed by atoms with van der Waals surface area (Å²) in [7, 11) is 1.92. The van der Waals surface area contributed by atoms with Crippen molar-refractivity contribution < 1.29 is 9.59 Å². The number of hydrogen-bond donors (Lipinski definition) is 2. The summed E-state index contributed by atoms with van der Waals surface area (Å²) in [4.78, 5) is 26.7. The van der Waals surface area contributed by atoms with E-state index in [0.29, 0.717) is 23.5 Å². The second-order valence-corrected chi connectivity index (χ2v) is 6.01. The second kappa shape index (κ2) is 9.59. The van der Waals surface area contributed by atoms with Crippen LogP contribution in [0, 0.1) is 0 Å². The highest BCUT2D eigenvalue weighted by molar-refractivity contribution is 6.10. The first kappa shape index (κ1) is 18.7. The van der Waals surface area contributed by atoms with Crippen molar-refractivity contribution in [2.24, 2.45) is 0 Å². The van der Waals surface area contributed by atoms with Crippen LogP contribution < -0.4 is 10.6 Å². The molecule has 2 N–H and O–H groups in total. The molecule has 0 heterocycles. The normalized spacial score (nSPS) is 10.5. The van der Waals surface area contributed by atoms with Gasteiger partial charge in [-0.1, -0.05) is 43.7 Å². The highest BCUT2D eigenvalue weighted by atomic mass is 16.2. The van der Waals surface area contributed by atoms with Gasteiger partial charge in [0.05, 0.1) is 17.8 Å². The number of likely N-dealkylation sites (N-methyl/N-ethyl adjacent to an activating group) is 1. The summed E-state index contributed by atoms with van der Waals surface area (Å²) in [6.45, 7) is 3.30. The highest BCUT2D eigenvalue weighted by Gasteiger charge is 2.14. The average Bonchev–Trinajstić information content (AvgIpc) is 2.61. The van der Waals surface area contributed by atoms with Gasteiger partial charge in [0.25, 0.3) is 5.91 Å². The molecule has 0 radical (unpaired) electrons. The van der Waals surface area contributed by atoms with E-state index >= 15 is 0 Å². The number of anilines is 2. The number of amides is 2. The number of carbonyl (C=O) groups excluding carboxylic acids is 2. The van der Waals surface area contributed by atoms with Gasteiger partial charge in [0, 0.05) is 5.69 Å². The Kier molecular flexibility index (Phi) is 7.16. The van der Waals surface area contributed by atoms with Crippen LogP contribution in [0.1, 0.15) is 30.1 Å². The van der Waals surface area contributed by atoms with E-state index in [0.717, 1.165) is 19.4 Å². The van der Waals surface area contributed by atoms with Crippen LogP contribution in [0.2, 0.25) is 0 Å². The lowest BCUT2D eigenvalue weighted by Gasteiger charge is -2.17. The first-order valence-corrected chi connectivity index (χ1v) is 8.54. The fourth-order valence-corrected chi connectivity index (χ4v) is 2.45. The van der Waals surface area contributed by atoms with Crippen LogP contribution in [0.3, 0.4) is 0 Å². The molecular weight excluding hydrogens is 314 g/mol. The van der Waals surface area contributed by atoms with Crippen molar-refractivity contribution in [3.05, 3.63) is 60.2 Å². The van der Waals surface area contributed by atoms with Gasteiger partial charge in [0.15, 0.2) is 0 Å². The van der Waals surface area contributed by atoms with Crippen molar-refractivity contribution in [3.63, 3.8) is 0 Å². The monoisotopic (exact) mass is 339 g/mol. The molecule has 0 spiro atoms. The number of para-hydroxylation sites is 2. The maximum Gasteiger partial charge on any atom is 0.257 e. The molecule has 0 aliphatic heterocycles. The van der Waals surface area contributed by atoms with E-state index in [2.05, 4.69) is 17.6 Å². The molecule has 2 amide bonds. The lowest BCUT2D eigenvalue weighted by atomic mass is 10.1. The largest absolute Gasteiger partial charge is 0.324 e. The minimum Gasteiger partial charge on any atom is -0.324 e. The molecule has 0 fully saturated rings. The van der Waals surface area contributed by atoms with Crippen LogP contribution in [-0.2, 0) is 4.79 Å². The van der Waals surface area contributed by atoms with Crippen LogP contribution in [0.15, 0.2) is 54.6 Å². The summed E-state index contributed by atoms with van der Waals surface area (Å²) in [6.07, 6.45) is 2.15. The van der Waals surface area contributed by atoms with Crippen molar-refractivity contribution in [2.75, 3.05) is 30.8 Å². The van der Waals surface area contributed by atoms with E-state index in [1.54, 1.807) is 24.3 Å². The number of benzene rings is 2. The zero-order valence-electron chi connectivity index (χ0n) is 14.8. The standard InChI is InChI=1S/C20H25N3O2/c1-3-4-14-23(2)15-19(24)22-18-13-9-8-12-17(18)20(25)21-16-10-6-5-7-11-16/h5-13H,3-4,14-15H2,1-2H3,(H,21,25)(H,22,24). The Bertz CT molecular complexity index is 701. The highest BCUT2D eigenvalue weighted by Crippen LogP contribution is 2.17. The zero-order valence-corrected chi connectivity index (χ0v) is 14.8. The Morgan fingerprint density at radius 2 is 1.64 bits per heavy atom. The number of hydrogen-bond acceptors (Lipinski definition) is 3. The minimum atomic E-state index is -0.249. The predicted octanol–water partition coefficient (Wildman–Crippen LogP) is 3.61. The molecule has 0 bridgehead atoms. The van der Waals surface area contributed by atoms with Gasteiger partial charge in [0.1, 0.15) is 0 Å². The quantitative estimate of drug-likeness (QED) is 0.772. The molecule has 2 rings (SSSR count). The van der Waals surface area contributed by atoms with Crippen LogP contribution in [0.4, 0.5) is 11.4 Å². The van der Waals surface area contributed by atoms with Crippen molar-refractivity contribution in [1.82, 2.24) is 4.90 Å². The maximum atomic E-state index is 12.5. The Morgan fingerprint density at radius 3 is 2.36 bits per heavy atom. The fourth-order valence-electron chi connectivity index (χ4n) is 2.45. The third kappa shape index (κ3) is 6.04. The summed E-state index contributed by atoms with van der Waals surface area (Å²) in [5.41, 5.74) is 1.67. The molecule has 0 atom stereocenters. The smallest absolute Gasteiger partial charge is 0.257 e. The average molecular weight is 339 g/mol. The number of carbonyl (C=O) groups is 2. The lowest BCUT2D eigenvalue weighted by Crippen LogP contribution is -2.31. The molecular formula is C20H25N3O2.